The van der Waals surface area contributed by atoms with Gasteiger partial charge in [0.1, 0.15) is 0 Å². The number of ether oxygens (including phenoxy) is 1. The van der Waals surface area contributed by atoms with E-state index in [1.54, 1.807) is 0 Å². The maximum atomic E-state index is 5.64. The molecule has 1 aliphatic heterocycles. The second-order valence-electron chi connectivity index (χ2n) is 5.93. The minimum Gasteiger partial charge on any atom is -0.377 e. The molecule has 2 nitrogen and oxygen atoms in total. The van der Waals surface area contributed by atoms with Crippen molar-refractivity contribution in [2.75, 3.05) is 6.61 Å². The van der Waals surface area contributed by atoms with Crippen molar-refractivity contribution in [1.82, 2.24) is 5.32 Å². The third-order valence-corrected chi connectivity index (χ3v) is 4.23. The third-order valence-electron chi connectivity index (χ3n) is 4.23. The molecule has 1 fully saturated rings. The molecule has 18 heavy (non-hydrogen) atoms. The average molecular weight is 247 g/mol. The molecular formula is C16H25NO. The monoisotopic (exact) mass is 247 g/mol. The fraction of sp³-hybridized carbons (Fsp3) is 0.625. The Morgan fingerprint density at radius 3 is 2.50 bits per heavy atom. The van der Waals surface area contributed by atoms with E-state index in [4.69, 9.17) is 4.74 Å². The molecule has 2 rings (SSSR count). The van der Waals surface area contributed by atoms with Crippen LogP contribution in [0.25, 0.3) is 0 Å². The van der Waals surface area contributed by atoms with Gasteiger partial charge in [-0.2, -0.15) is 0 Å². The molecule has 0 bridgehead atoms. The molecule has 1 aromatic rings. The van der Waals surface area contributed by atoms with E-state index in [1.165, 1.54) is 11.1 Å². The molecule has 0 spiro atoms. The van der Waals surface area contributed by atoms with Crippen LogP contribution in [0.3, 0.4) is 0 Å². The summed E-state index contributed by atoms with van der Waals surface area (Å²) in [4.78, 5) is 0. The van der Waals surface area contributed by atoms with Gasteiger partial charge in [-0.1, -0.05) is 38.1 Å². The normalized spacial score (nSPS) is 27.9. The van der Waals surface area contributed by atoms with Crippen molar-refractivity contribution < 1.29 is 4.74 Å². The van der Waals surface area contributed by atoms with Crippen LogP contribution in [0.2, 0.25) is 0 Å². The third kappa shape index (κ3) is 2.93. The molecule has 2 heteroatoms. The molecule has 1 aromatic carbocycles. The zero-order valence-corrected chi connectivity index (χ0v) is 12.0. The molecule has 1 saturated heterocycles. The molecule has 100 valence electrons. The first-order chi connectivity index (χ1) is 8.51. The van der Waals surface area contributed by atoms with E-state index in [0.717, 1.165) is 19.6 Å². The van der Waals surface area contributed by atoms with Crippen LogP contribution in [0, 0.1) is 0 Å². The Bertz CT molecular complexity index is 385. The summed E-state index contributed by atoms with van der Waals surface area (Å²) in [5.74, 6) is 0.604. The highest BCUT2D eigenvalue weighted by molar-refractivity contribution is 5.24. The summed E-state index contributed by atoms with van der Waals surface area (Å²) in [6, 6.07) is 8.93. The molecule has 1 aliphatic rings. The zero-order valence-electron chi connectivity index (χ0n) is 12.0. The Morgan fingerprint density at radius 2 is 2.00 bits per heavy atom. The Balaban J connectivity index is 1.94. The smallest absolute Gasteiger partial charge is 0.0726 e. The van der Waals surface area contributed by atoms with Gasteiger partial charge in [-0.25, -0.2) is 0 Å². The standard InChI is InChI=1S/C16H25NO/c1-12(2)15-7-5-14(6-8-15)11-17-16(4)9-10-18-13(16)3/h5-8,12-13,17H,9-11H2,1-4H3. The van der Waals surface area contributed by atoms with E-state index in [-0.39, 0.29) is 5.54 Å². The second kappa shape index (κ2) is 5.41. The highest BCUT2D eigenvalue weighted by Crippen LogP contribution is 2.25. The zero-order chi connectivity index (χ0) is 13.2. The van der Waals surface area contributed by atoms with E-state index >= 15 is 0 Å². The molecule has 0 radical (unpaired) electrons. The largest absolute Gasteiger partial charge is 0.377 e. The first kappa shape index (κ1) is 13.6. The minimum absolute atomic E-state index is 0.122. The van der Waals surface area contributed by atoms with Gasteiger partial charge in [0.2, 0.25) is 0 Å². The SMILES string of the molecule is CC(C)c1ccc(CNC2(C)CCOC2C)cc1. The van der Waals surface area contributed by atoms with Crippen molar-refractivity contribution in [1.29, 1.82) is 0 Å². The number of nitrogens with one attached hydrogen (secondary N) is 1. The lowest BCUT2D eigenvalue weighted by Gasteiger charge is -2.29. The van der Waals surface area contributed by atoms with Gasteiger partial charge in [0.15, 0.2) is 0 Å². The molecule has 0 aromatic heterocycles. The topological polar surface area (TPSA) is 21.3 Å². The average Bonchev–Trinajstić information content (AvgIpc) is 2.68. The summed E-state index contributed by atoms with van der Waals surface area (Å²) in [5.41, 5.74) is 2.87. The minimum atomic E-state index is 0.122. The first-order valence-corrected chi connectivity index (χ1v) is 6.97. The highest BCUT2D eigenvalue weighted by Gasteiger charge is 2.36. The van der Waals surface area contributed by atoms with Crippen molar-refractivity contribution in [3.8, 4) is 0 Å². The Kier molecular flexibility index (Phi) is 4.08. The molecule has 2 unspecified atom stereocenters. The highest BCUT2D eigenvalue weighted by atomic mass is 16.5. The van der Waals surface area contributed by atoms with Crippen molar-refractivity contribution in [2.45, 2.75) is 58.2 Å². The molecular weight excluding hydrogens is 222 g/mol. The van der Waals surface area contributed by atoms with Crippen LogP contribution in [0.5, 0.6) is 0 Å². The molecule has 1 heterocycles. The summed E-state index contributed by atoms with van der Waals surface area (Å²) < 4.78 is 5.64. The van der Waals surface area contributed by atoms with Gasteiger partial charge < -0.3 is 10.1 Å². The second-order valence-corrected chi connectivity index (χ2v) is 5.93. The first-order valence-electron chi connectivity index (χ1n) is 6.97. The van der Waals surface area contributed by atoms with Gasteiger partial charge in [0.25, 0.3) is 0 Å². The number of benzene rings is 1. The van der Waals surface area contributed by atoms with E-state index in [9.17, 15) is 0 Å². The lowest BCUT2D eigenvalue weighted by Crippen LogP contribution is -2.47. The lowest BCUT2D eigenvalue weighted by molar-refractivity contribution is 0.0881. The van der Waals surface area contributed by atoms with Crippen LogP contribution >= 0.6 is 0 Å². The van der Waals surface area contributed by atoms with Gasteiger partial charge in [-0.05, 0) is 37.3 Å². The summed E-state index contributed by atoms with van der Waals surface area (Å²) >= 11 is 0. The van der Waals surface area contributed by atoms with E-state index in [1.807, 2.05) is 0 Å². The van der Waals surface area contributed by atoms with Gasteiger partial charge >= 0.3 is 0 Å². The fourth-order valence-electron chi connectivity index (χ4n) is 2.39. The van der Waals surface area contributed by atoms with Crippen LogP contribution in [0.15, 0.2) is 24.3 Å². The number of rotatable bonds is 4. The van der Waals surface area contributed by atoms with Crippen LogP contribution < -0.4 is 5.32 Å². The summed E-state index contributed by atoms with van der Waals surface area (Å²) in [7, 11) is 0. The van der Waals surface area contributed by atoms with E-state index in [0.29, 0.717) is 12.0 Å². The van der Waals surface area contributed by atoms with Crippen LogP contribution in [0.4, 0.5) is 0 Å². The summed E-state index contributed by atoms with van der Waals surface area (Å²) in [6.07, 6.45) is 1.39. The molecule has 2 atom stereocenters. The van der Waals surface area contributed by atoms with Crippen molar-refractivity contribution in [3.63, 3.8) is 0 Å². The van der Waals surface area contributed by atoms with Crippen molar-refractivity contribution in [3.05, 3.63) is 35.4 Å². The van der Waals surface area contributed by atoms with Gasteiger partial charge in [-0.3, -0.25) is 0 Å². The molecule has 0 amide bonds. The Hall–Kier alpha value is -0.860. The maximum absolute atomic E-state index is 5.64. The van der Waals surface area contributed by atoms with Crippen molar-refractivity contribution in [2.24, 2.45) is 0 Å². The van der Waals surface area contributed by atoms with Gasteiger partial charge in [0, 0.05) is 18.7 Å². The Morgan fingerprint density at radius 1 is 1.33 bits per heavy atom. The maximum Gasteiger partial charge on any atom is 0.0726 e. The van der Waals surface area contributed by atoms with Crippen LogP contribution in [0.1, 0.15) is 51.2 Å². The molecule has 0 saturated carbocycles. The number of hydrogen-bond acceptors (Lipinski definition) is 2. The predicted molar refractivity (Wildman–Crippen MR) is 75.8 cm³/mol. The van der Waals surface area contributed by atoms with Gasteiger partial charge in [-0.15, -0.1) is 0 Å². The number of hydrogen-bond donors (Lipinski definition) is 1. The van der Waals surface area contributed by atoms with E-state index < -0.39 is 0 Å². The lowest BCUT2D eigenvalue weighted by atomic mass is 9.94. The molecule has 0 aliphatic carbocycles. The Labute approximate surface area is 111 Å². The van der Waals surface area contributed by atoms with Gasteiger partial charge in [0.05, 0.1) is 6.10 Å². The summed E-state index contributed by atoms with van der Waals surface area (Å²) in [5, 5.41) is 3.65. The van der Waals surface area contributed by atoms with Crippen molar-refractivity contribution >= 4 is 0 Å². The fourth-order valence-corrected chi connectivity index (χ4v) is 2.39. The van der Waals surface area contributed by atoms with E-state index in [2.05, 4.69) is 57.3 Å². The quantitative estimate of drug-likeness (QED) is 0.879. The van der Waals surface area contributed by atoms with Crippen LogP contribution in [-0.2, 0) is 11.3 Å². The molecule has 1 N–H and O–H groups in total. The predicted octanol–water partition coefficient (Wildman–Crippen LogP) is 3.47. The summed E-state index contributed by atoms with van der Waals surface area (Å²) in [6.45, 7) is 10.7. The van der Waals surface area contributed by atoms with Crippen LogP contribution in [-0.4, -0.2) is 18.2 Å².